The smallest absolute Gasteiger partial charge is 0.310 e. The van der Waals surface area contributed by atoms with E-state index in [-0.39, 0.29) is 18.6 Å². The average molecular weight is 273 g/mol. The maximum Gasteiger partial charge on any atom is 0.310 e. The second-order valence-corrected chi connectivity index (χ2v) is 6.03. The lowest BCUT2D eigenvalue weighted by Crippen LogP contribution is -2.52. The van der Waals surface area contributed by atoms with Crippen molar-refractivity contribution in [2.75, 3.05) is 26.3 Å². The van der Waals surface area contributed by atoms with Crippen LogP contribution < -0.4 is 0 Å². The van der Waals surface area contributed by atoms with Gasteiger partial charge in [-0.25, -0.2) is 0 Å². The molecule has 1 heterocycles. The number of aliphatic hydroxyl groups is 1. The standard InChI is InChI=1S/C14H27NO4/c1-5-6-15(9-14(4,18)10(2)3)12-8-19-7-11(12)13(16)17/h10-12,18H,5-9H2,1-4H3,(H,16,17). The van der Waals surface area contributed by atoms with Crippen LogP contribution in [0.25, 0.3) is 0 Å². The minimum atomic E-state index is -0.819. The minimum absolute atomic E-state index is 0.123. The molecular formula is C14H27NO4. The number of carbonyl (C=O) groups is 1. The Morgan fingerprint density at radius 2 is 2.11 bits per heavy atom. The van der Waals surface area contributed by atoms with Gasteiger partial charge in [0.2, 0.25) is 0 Å². The summed E-state index contributed by atoms with van der Waals surface area (Å²) in [6, 6.07) is -0.136. The van der Waals surface area contributed by atoms with Gasteiger partial charge in [-0.2, -0.15) is 0 Å². The molecule has 0 bridgehead atoms. The number of aliphatic carboxylic acids is 1. The van der Waals surface area contributed by atoms with Crippen molar-refractivity contribution in [2.45, 2.75) is 45.8 Å². The molecule has 3 atom stereocenters. The zero-order valence-electron chi connectivity index (χ0n) is 12.4. The fraction of sp³-hybridized carbons (Fsp3) is 0.929. The van der Waals surface area contributed by atoms with Crippen molar-refractivity contribution >= 4 is 5.97 Å². The Morgan fingerprint density at radius 3 is 2.58 bits per heavy atom. The Balaban J connectivity index is 2.79. The number of hydrogen-bond acceptors (Lipinski definition) is 4. The van der Waals surface area contributed by atoms with Gasteiger partial charge in [0, 0.05) is 12.6 Å². The predicted molar refractivity (Wildman–Crippen MR) is 73.1 cm³/mol. The third-order valence-corrected chi connectivity index (χ3v) is 4.11. The molecule has 0 aromatic rings. The quantitative estimate of drug-likeness (QED) is 0.729. The van der Waals surface area contributed by atoms with Crippen molar-refractivity contribution in [3.8, 4) is 0 Å². The van der Waals surface area contributed by atoms with Crippen LogP contribution in [0.4, 0.5) is 0 Å². The first-order valence-corrected chi connectivity index (χ1v) is 7.06. The molecule has 0 saturated carbocycles. The van der Waals surface area contributed by atoms with Crippen molar-refractivity contribution in [1.29, 1.82) is 0 Å². The largest absolute Gasteiger partial charge is 0.481 e. The van der Waals surface area contributed by atoms with E-state index < -0.39 is 17.5 Å². The van der Waals surface area contributed by atoms with E-state index in [1.165, 1.54) is 0 Å². The van der Waals surface area contributed by atoms with Gasteiger partial charge in [-0.15, -0.1) is 0 Å². The van der Waals surface area contributed by atoms with Crippen molar-refractivity contribution in [3.05, 3.63) is 0 Å². The summed E-state index contributed by atoms with van der Waals surface area (Å²) in [4.78, 5) is 13.3. The van der Waals surface area contributed by atoms with Crippen LogP contribution in [0, 0.1) is 11.8 Å². The van der Waals surface area contributed by atoms with Gasteiger partial charge < -0.3 is 14.9 Å². The zero-order chi connectivity index (χ0) is 14.6. The van der Waals surface area contributed by atoms with E-state index >= 15 is 0 Å². The zero-order valence-corrected chi connectivity index (χ0v) is 12.4. The molecule has 19 heavy (non-hydrogen) atoms. The van der Waals surface area contributed by atoms with Gasteiger partial charge in [0.1, 0.15) is 0 Å². The topological polar surface area (TPSA) is 70.0 Å². The number of carboxylic acids is 1. The number of hydrogen-bond donors (Lipinski definition) is 2. The summed E-state index contributed by atoms with van der Waals surface area (Å²) in [5.74, 6) is -1.18. The molecule has 1 rings (SSSR count). The molecule has 1 fully saturated rings. The third-order valence-electron chi connectivity index (χ3n) is 4.11. The summed E-state index contributed by atoms with van der Waals surface area (Å²) in [5, 5.41) is 19.7. The van der Waals surface area contributed by atoms with E-state index in [1.54, 1.807) is 0 Å². The van der Waals surface area contributed by atoms with Gasteiger partial charge in [-0.05, 0) is 25.8 Å². The summed E-state index contributed by atoms with van der Waals surface area (Å²) in [6.07, 6.45) is 0.928. The molecule has 0 aliphatic carbocycles. The molecule has 5 nitrogen and oxygen atoms in total. The first-order valence-electron chi connectivity index (χ1n) is 7.06. The van der Waals surface area contributed by atoms with Gasteiger partial charge in [-0.1, -0.05) is 20.8 Å². The molecule has 1 aliphatic heterocycles. The Bertz CT molecular complexity index is 304. The van der Waals surface area contributed by atoms with Crippen LogP contribution >= 0.6 is 0 Å². The molecule has 0 radical (unpaired) electrons. The minimum Gasteiger partial charge on any atom is -0.481 e. The highest BCUT2D eigenvalue weighted by atomic mass is 16.5. The van der Waals surface area contributed by atoms with Gasteiger partial charge in [-0.3, -0.25) is 9.69 Å². The molecule has 3 unspecified atom stereocenters. The molecule has 1 saturated heterocycles. The van der Waals surface area contributed by atoms with Crippen LogP contribution in [0.15, 0.2) is 0 Å². The molecule has 0 aromatic carbocycles. The van der Waals surface area contributed by atoms with Crippen molar-refractivity contribution in [2.24, 2.45) is 11.8 Å². The van der Waals surface area contributed by atoms with Crippen LogP contribution in [0.2, 0.25) is 0 Å². The van der Waals surface area contributed by atoms with Crippen LogP contribution in [-0.4, -0.2) is 59.0 Å². The highest BCUT2D eigenvalue weighted by molar-refractivity contribution is 5.71. The summed E-state index contributed by atoms with van der Waals surface area (Å²) < 4.78 is 5.33. The highest BCUT2D eigenvalue weighted by Crippen LogP contribution is 2.25. The molecule has 0 aromatic heterocycles. The molecule has 5 heteroatoms. The van der Waals surface area contributed by atoms with Crippen LogP contribution in [-0.2, 0) is 9.53 Å². The van der Waals surface area contributed by atoms with Crippen LogP contribution in [0.5, 0.6) is 0 Å². The number of ether oxygens (including phenoxy) is 1. The van der Waals surface area contributed by atoms with E-state index in [4.69, 9.17) is 4.74 Å². The molecule has 112 valence electrons. The Kier molecular flexibility index (Phi) is 5.77. The summed E-state index contributed by atoms with van der Waals surface area (Å²) in [5.41, 5.74) is -0.819. The van der Waals surface area contributed by atoms with Gasteiger partial charge in [0.05, 0.1) is 24.7 Å². The Hall–Kier alpha value is -0.650. The van der Waals surface area contributed by atoms with Crippen LogP contribution in [0.3, 0.4) is 0 Å². The highest BCUT2D eigenvalue weighted by Gasteiger charge is 2.40. The Morgan fingerprint density at radius 1 is 1.47 bits per heavy atom. The molecule has 0 amide bonds. The maximum atomic E-state index is 11.3. The van der Waals surface area contributed by atoms with Crippen molar-refractivity contribution in [3.63, 3.8) is 0 Å². The van der Waals surface area contributed by atoms with E-state index in [2.05, 4.69) is 11.8 Å². The third kappa shape index (κ3) is 4.16. The van der Waals surface area contributed by atoms with Gasteiger partial charge in [0.25, 0.3) is 0 Å². The van der Waals surface area contributed by atoms with E-state index in [1.807, 2.05) is 20.8 Å². The van der Waals surface area contributed by atoms with Gasteiger partial charge in [0.15, 0.2) is 0 Å². The lowest BCUT2D eigenvalue weighted by Gasteiger charge is -2.38. The summed E-state index contributed by atoms with van der Waals surface area (Å²) in [6.45, 7) is 9.79. The lowest BCUT2D eigenvalue weighted by atomic mass is 9.90. The lowest BCUT2D eigenvalue weighted by molar-refractivity contribution is -0.143. The fourth-order valence-electron chi connectivity index (χ4n) is 2.38. The van der Waals surface area contributed by atoms with Crippen molar-refractivity contribution < 1.29 is 19.7 Å². The summed E-state index contributed by atoms with van der Waals surface area (Å²) >= 11 is 0. The maximum absolute atomic E-state index is 11.3. The van der Waals surface area contributed by atoms with Crippen LogP contribution in [0.1, 0.15) is 34.1 Å². The second kappa shape index (κ2) is 6.68. The molecule has 0 spiro atoms. The van der Waals surface area contributed by atoms with E-state index in [0.717, 1.165) is 13.0 Å². The molecule has 1 aliphatic rings. The monoisotopic (exact) mass is 273 g/mol. The van der Waals surface area contributed by atoms with E-state index in [0.29, 0.717) is 13.2 Å². The van der Waals surface area contributed by atoms with Crippen molar-refractivity contribution in [1.82, 2.24) is 4.90 Å². The molecular weight excluding hydrogens is 246 g/mol. The SMILES string of the molecule is CCCN(CC(C)(O)C(C)C)C1COCC1C(=O)O. The number of nitrogens with zero attached hydrogens (tertiary/aromatic N) is 1. The predicted octanol–water partition coefficient (Wildman–Crippen LogP) is 1.20. The normalized spacial score (nSPS) is 26.9. The average Bonchev–Trinajstić information content (AvgIpc) is 2.76. The summed E-state index contributed by atoms with van der Waals surface area (Å²) in [7, 11) is 0. The number of carboxylic acid groups (broad SMARTS) is 1. The van der Waals surface area contributed by atoms with Gasteiger partial charge >= 0.3 is 5.97 Å². The number of rotatable bonds is 7. The van der Waals surface area contributed by atoms with E-state index in [9.17, 15) is 15.0 Å². The fourth-order valence-corrected chi connectivity index (χ4v) is 2.38. The second-order valence-electron chi connectivity index (χ2n) is 6.03. The first kappa shape index (κ1) is 16.4. The molecule has 2 N–H and O–H groups in total. The Labute approximate surface area is 115 Å². The first-order chi connectivity index (χ1) is 8.79.